The minimum Gasteiger partial charge on any atom is -0.359 e. The van der Waals surface area contributed by atoms with Crippen LogP contribution >= 0.6 is 0 Å². The molecule has 1 aromatic carbocycles. The molecule has 2 N–H and O–H groups in total. The van der Waals surface area contributed by atoms with Gasteiger partial charge in [0.1, 0.15) is 5.69 Å². The van der Waals surface area contributed by atoms with Gasteiger partial charge in [-0.2, -0.15) is 5.10 Å². The van der Waals surface area contributed by atoms with Gasteiger partial charge in [-0.3, -0.25) is 19.5 Å². The summed E-state index contributed by atoms with van der Waals surface area (Å²) in [7, 11) is 0. The predicted molar refractivity (Wildman–Crippen MR) is 122 cm³/mol. The van der Waals surface area contributed by atoms with Crippen LogP contribution in [0.1, 0.15) is 26.3 Å². The normalized spacial score (nSPS) is 13.9. The largest absolute Gasteiger partial charge is 0.359 e. The number of aryl methyl sites for hydroxylation is 1. The van der Waals surface area contributed by atoms with Gasteiger partial charge in [-0.05, 0) is 24.6 Å². The molecule has 0 saturated carbocycles. The van der Waals surface area contributed by atoms with Gasteiger partial charge in [0.25, 0.3) is 17.6 Å². The van der Waals surface area contributed by atoms with E-state index in [9.17, 15) is 18.8 Å². The Labute approximate surface area is 193 Å². The van der Waals surface area contributed by atoms with E-state index in [1.165, 1.54) is 11.1 Å². The van der Waals surface area contributed by atoms with E-state index in [1.807, 2.05) is 13.0 Å². The van der Waals surface area contributed by atoms with E-state index in [1.54, 1.807) is 35.4 Å². The topological polar surface area (TPSA) is 115 Å². The van der Waals surface area contributed by atoms with Crippen LogP contribution in [0.4, 0.5) is 4.39 Å². The molecule has 10 heteroatoms. The SMILES string of the molecule is Cc1cn[nH]c1-c1ncc(F)c2c(C(=O)C(=O)N3CCN(C(=O)c4ccccc4)CC3)c[nH]c12. The smallest absolute Gasteiger partial charge is 0.295 e. The number of aromatic amines is 2. The number of aromatic nitrogens is 4. The minimum atomic E-state index is -0.813. The Morgan fingerprint density at radius 2 is 1.71 bits per heavy atom. The molecule has 172 valence electrons. The number of Topliss-reactive ketones (excluding diaryl/α,β-unsaturated/α-hetero) is 1. The number of pyridine rings is 1. The number of halogens is 1. The van der Waals surface area contributed by atoms with Crippen molar-refractivity contribution in [2.45, 2.75) is 6.92 Å². The van der Waals surface area contributed by atoms with Gasteiger partial charge < -0.3 is 14.8 Å². The number of hydrogen-bond donors (Lipinski definition) is 2. The number of amides is 2. The lowest BCUT2D eigenvalue weighted by atomic mass is 10.1. The van der Waals surface area contributed by atoms with Gasteiger partial charge >= 0.3 is 0 Å². The van der Waals surface area contributed by atoms with E-state index < -0.39 is 17.5 Å². The Hall–Kier alpha value is -4.34. The van der Waals surface area contributed by atoms with Crippen LogP contribution in [0.25, 0.3) is 22.3 Å². The summed E-state index contributed by atoms with van der Waals surface area (Å²) >= 11 is 0. The monoisotopic (exact) mass is 460 g/mol. The second-order valence-corrected chi connectivity index (χ2v) is 8.11. The molecular weight excluding hydrogens is 439 g/mol. The lowest BCUT2D eigenvalue weighted by molar-refractivity contribution is -0.127. The summed E-state index contributed by atoms with van der Waals surface area (Å²) < 4.78 is 14.7. The fourth-order valence-electron chi connectivity index (χ4n) is 4.20. The average Bonchev–Trinajstić information content (AvgIpc) is 3.51. The zero-order chi connectivity index (χ0) is 23.8. The fraction of sp³-hybridized carbons (Fsp3) is 0.208. The van der Waals surface area contributed by atoms with Crippen molar-refractivity contribution in [2.24, 2.45) is 0 Å². The van der Waals surface area contributed by atoms with Crippen molar-refractivity contribution in [3.63, 3.8) is 0 Å². The molecule has 4 heterocycles. The van der Waals surface area contributed by atoms with Crippen LogP contribution < -0.4 is 0 Å². The maximum atomic E-state index is 14.7. The second-order valence-electron chi connectivity index (χ2n) is 8.11. The number of piperazine rings is 1. The molecule has 9 nitrogen and oxygen atoms in total. The van der Waals surface area contributed by atoms with E-state index in [0.29, 0.717) is 35.6 Å². The highest BCUT2D eigenvalue weighted by molar-refractivity contribution is 6.45. The molecule has 4 aromatic rings. The van der Waals surface area contributed by atoms with E-state index in [2.05, 4.69) is 20.2 Å². The molecule has 5 rings (SSSR count). The molecule has 0 aliphatic carbocycles. The van der Waals surface area contributed by atoms with Gasteiger partial charge in [-0.25, -0.2) is 9.37 Å². The number of ketones is 1. The molecule has 2 amide bonds. The number of fused-ring (bicyclic) bond motifs is 1. The van der Waals surface area contributed by atoms with Crippen molar-refractivity contribution in [3.05, 3.63) is 71.4 Å². The van der Waals surface area contributed by atoms with Crippen molar-refractivity contribution in [1.29, 1.82) is 0 Å². The first-order chi connectivity index (χ1) is 16.5. The Kier molecular flexibility index (Phi) is 5.40. The minimum absolute atomic E-state index is 0.00948. The van der Waals surface area contributed by atoms with Crippen LogP contribution in [0, 0.1) is 12.7 Å². The standard InChI is InChI=1S/C24H21FN6O3/c1-14-11-28-29-19(14)21-20-18(17(25)13-27-21)16(12-26-20)22(32)24(34)31-9-7-30(8-10-31)23(33)15-5-3-2-4-6-15/h2-6,11-13,26H,7-10H2,1H3,(H,28,29). The number of rotatable bonds is 4. The van der Waals surface area contributed by atoms with Crippen molar-refractivity contribution >= 4 is 28.5 Å². The van der Waals surface area contributed by atoms with Crippen LogP contribution in [0.15, 0.2) is 48.9 Å². The quantitative estimate of drug-likeness (QED) is 0.359. The molecule has 1 saturated heterocycles. The number of benzene rings is 1. The zero-order valence-corrected chi connectivity index (χ0v) is 18.3. The zero-order valence-electron chi connectivity index (χ0n) is 18.3. The first kappa shape index (κ1) is 21.5. The van der Waals surface area contributed by atoms with Crippen molar-refractivity contribution in [2.75, 3.05) is 26.2 Å². The van der Waals surface area contributed by atoms with Gasteiger partial charge in [0.2, 0.25) is 0 Å². The molecule has 0 unspecified atom stereocenters. The molecule has 3 aromatic heterocycles. The summed E-state index contributed by atoms with van der Waals surface area (Å²) in [5, 5.41) is 6.80. The van der Waals surface area contributed by atoms with Crippen LogP contribution in [-0.4, -0.2) is 73.7 Å². The second kappa shape index (κ2) is 8.54. The molecule has 0 radical (unpaired) electrons. The number of hydrogen-bond acceptors (Lipinski definition) is 5. The van der Waals surface area contributed by atoms with Gasteiger partial charge in [-0.15, -0.1) is 0 Å². The lowest BCUT2D eigenvalue weighted by Gasteiger charge is -2.34. The summed E-state index contributed by atoms with van der Waals surface area (Å²) in [4.78, 5) is 48.8. The molecular formula is C24H21FN6O3. The Balaban J connectivity index is 1.35. The van der Waals surface area contributed by atoms with E-state index in [-0.39, 0.29) is 29.9 Å². The molecule has 34 heavy (non-hydrogen) atoms. The fourth-order valence-corrected chi connectivity index (χ4v) is 4.20. The molecule has 0 bridgehead atoms. The highest BCUT2D eigenvalue weighted by Gasteiger charge is 2.31. The molecule has 1 aliphatic heterocycles. The van der Waals surface area contributed by atoms with Crippen LogP contribution in [0.3, 0.4) is 0 Å². The van der Waals surface area contributed by atoms with E-state index >= 15 is 0 Å². The van der Waals surface area contributed by atoms with Crippen molar-refractivity contribution in [1.82, 2.24) is 30.0 Å². The first-order valence-corrected chi connectivity index (χ1v) is 10.8. The van der Waals surface area contributed by atoms with Crippen molar-refractivity contribution < 1.29 is 18.8 Å². The summed E-state index contributed by atoms with van der Waals surface area (Å²) in [5.41, 5.74) is 2.64. The average molecular weight is 460 g/mol. The molecule has 1 fully saturated rings. The lowest BCUT2D eigenvalue weighted by Crippen LogP contribution is -2.52. The number of nitrogens with one attached hydrogen (secondary N) is 2. The summed E-state index contributed by atoms with van der Waals surface area (Å²) in [5.74, 6) is -2.37. The third-order valence-corrected chi connectivity index (χ3v) is 6.04. The summed E-state index contributed by atoms with van der Waals surface area (Å²) in [6.07, 6.45) is 3.98. The number of H-pyrrole nitrogens is 2. The molecule has 1 aliphatic rings. The van der Waals surface area contributed by atoms with Gasteiger partial charge in [-0.1, -0.05) is 18.2 Å². The van der Waals surface area contributed by atoms with Crippen LogP contribution in [0.2, 0.25) is 0 Å². The highest BCUT2D eigenvalue weighted by Crippen LogP contribution is 2.30. The number of nitrogens with zero attached hydrogens (tertiary/aromatic N) is 4. The molecule has 0 spiro atoms. The maximum Gasteiger partial charge on any atom is 0.295 e. The van der Waals surface area contributed by atoms with Gasteiger partial charge in [0.05, 0.1) is 34.6 Å². The molecule has 0 atom stereocenters. The van der Waals surface area contributed by atoms with Crippen LogP contribution in [0.5, 0.6) is 0 Å². The Morgan fingerprint density at radius 3 is 2.38 bits per heavy atom. The van der Waals surface area contributed by atoms with Gasteiger partial charge in [0.15, 0.2) is 5.82 Å². The number of carbonyl (C=O) groups is 3. The summed E-state index contributed by atoms with van der Waals surface area (Å²) in [6, 6.07) is 8.90. The summed E-state index contributed by atoms with van der Waals surface area (Å²) in [6.45, 7) is 2.88. The maximum absolute atomic E-state index is 14.7. The first-order valence-electron chi connectivity index (χ1n) is 10.8. The number of carbonyl (C=O) groups excluding carboxylic acids is 3. The van der Waals surface area contributed by atoms with Gasteiger partial charge in [0, 0.05) is 37.9 Å². The third kappa shape index (κ3) is 3.62. The third-order valence-electron chi connectivity index (χ3n) is 6.04. The highest BCUT2D eigenvalue weighted by atomic mass is 19.1. The Bertz CT molecular complexity index is 1400. The Morgan fingerprint density at radius 1 is 1.00 bits per heavy atom. The predicted octanol–water partition coefficient (Wildman–Crippen LogP) is 2.57. The van der Waals surface area contributed by atoms with E-state index in [4.69, 9.17) is 0 Å². The van der Waals surface area contributed by atoms with Crippen molar-refractivity contribution in [3.8, 4) is 11.4 Å². The van der Waals surface area contributed by atoms with E-state index in [0.717, 1.165) is 11.8 Å². The van der Waals surface area contributed by atoms with Crippen LogP contribution in [-0.2, 0) is 4.79 Å².